The summed E-state index contributed by atoms with van der Waals surface area (Å²) < 4.78 is 5.57. The zero-order valence-corrected chi connectivity index (χ0v) is 10.7. The number of carboxylic acids is 1. The molecule has 0 atom stereocenters. The van der Waals surface area contributed by atoms with Crippen molar-refractivity contribution in [2.24, 2.45) is 0 Å². The lowest BCUT2D eigenvalue weighted by atomic mass is 10.3. The Morgan fingerprint density at radius 2 is 2.11 bits per heavy atom. The Balaban J connectivity index is 2.00. The molecular formula is C13H13NO3S. The van der Waals surface area contributed by atoms with E-state index < -0.39 is 5.97 Å². The fourth-order valence-corrected chi connectivity index (χ4v) is 2.49. The van der Waals surface area contributed by atoms with Gasteiger partial charge in [-0.1, -0.05) is 18.2 Å². The largest absolute Gasteiger partial charge is 0.486 e. The van der Waals surface area contributed by atoms with E-state index in [1.165, 1.54) is 11.3 Å². The Morgan fingerprint density at radius 1 is 1.39 bits per heavy atom. The number of benzene rings is 1. The third-order valence-electron chi connectivity index (χ3n) is 2.35. The average molecular weight is 263 g/mol. The van der Waals surface area contributed by atoms with Crippen LogP contribution in [-0.4, -0.2) is 16.1 Å². The second-order valence-corrected chi connectivity index (χ2v) is 4.96. The van der Waals surface area contributed by atoms with Gasteiger partial charge in [-0.2, -0.15) is 0 Å². The molecule has 1 N–H and O–H groups in total. The molecule has 2 aromatic rings. The quantitative estimate of drug-likeness (QED) is 0.901. The number of hydrogen-bond donors (Lipinski definition) is 1. The summed E-state index contributed by atoms with van der Waals surface area (Å²) >= 11 is 1.39. The van der Waals surface area contributed by atoms with Gasteiger partial charge in [0.05, 0.1) is 12.1 Å². The van der Waals surface area contributed by atoms with E-state index in [0.717, 1.165) is 21.3 Å². The second-order valence-electron chi connectivity index (χ2n) is 3.79. The summed E-state index contributed by atoms with van der Waals surface area (Å²) in [5.74, 6) is -0.0533. The molecule has 2 rings (SSSR count). The average Bonchev–Trinajstić information content (AvgIpc) is 2.68. The summed E-state index contributed by atoms with van der Waals surface area (Å²) in [5.41, 5.74) is 0.772. The van der Waals surface area contributed by atoms with Gasteiger partial charge in [-0.25, -0.2) is 4.98 Å². The van der Waals surface area contributed by atoms with Crippen molar-refractivity contribution in [2.75, 3.05) is 0 Å². The van der Waals surface area contributed by atoms with Crippen LogP contribution in [0.5, 0.6) is 5.75 Å². The lowest BCUT2D eigenvalue weighted by Gasteiger charge is -2.02. The molecule has 0 radical (unpaired) electrons. The molecular weight excluding hydrogens is 250 g/mol. The summed E-state index contributed by atoms with van der Waals surface area (Å²) in [4.78, 5) is 15.8. The van der Waals surface area contributed by atoms with Crippen molar-refractivity contribution < 1.29 is 14.6 Å². The number of rotatable bonds is 5. The van der Waals surface area contributed by atoms with E-state index in [0.29, 0.717) is 6.61 Å². The first-order valence-corrected chi connectivity index (χ1v) is 6.31. The highest BCUT2D eigenvalue weighted by Gasteiger charge is 2.11. The van der Waals surface area contributed by atoms with Crippen molar-refractivity contribution in [1.82, 2.24) is 4.98 Å². The highest BCUT2D eigenvalue weighted by molar-refractivity contribution is 7.11. The number of para-hydroxylation sites is 1. The molecule has 0 fully saturated rings. The van der Waals surface area contributed by atoms with Gasteiger partial charge in [0.2, 0.25) is 0 Å². The predicted octanol–water partition coefficient (Wildman–Crippen LogP) is 2.66. The zero-order chi connectivity index (χ0) is 13.0. The molecule has 0 spiro atoms. The molecule has 0 unspecified atom stereocenters. The Hall–Kier alpha value is -1.88. The number of nitrogens with zero attached hydrogens (tertiary/aromatic N) is 1. The number of thiazole rings is 1. The third kappa shape index (κ3) is 3.30. The van der Waals surface area contributed by atoms with Gasteiger partial charge in [-0.15, -0.1) is 11.3 Å². The van der Waals surface area contributed by atoms with Gasteiger partial charge < -0.3 is 9.84 Å². The van der Waals surface area contributed by atoms with Crippen molar-refractivity contribution in [3.05, 3.63) is 45.9 Å². The maximum atomic E-state index is 10.7. The van der Waals surface area contributed by atoms with Gasteiger partial charge in [0.15, 0.2) is 0 Å². The van der Waals surface area contributed by atoms with Crippen LogP contribution in [0.3, 0.4) is 0 Å². The normalized spacial score (nSPS) is 10.3. The Bertz CT molecular complexity index is 536. The maximum Gasteiger partial charge on any atom is 0.308 e. The molecule has 0 saturated heterocycles. The fraction of sp³-hybridized carbons (Fsp3) is 0.231. The van der Waals surface area contributed by atoms with Crippen LogP contribution >= 0.6 is 11.3 Å². The van der Waals surface area contributed by atoms with E-state index >= 15 is 0 Å². The second kappa shape index (κ2) is 5.64. The number of aliphatic carboxylic acids is 1. The number of ether oxygens (including phenoxy) is 1. The Labute approximate surface area is 109 Å². The molecule has 0 saturated carbocycles. The van der Waals surface area contributed by atoms with E-state index in [1.54, 1.807) is 0 Å². The SMILES string of the molecule is Cc1nc(COc2ccccc2)sc1CC(=O)O. The molecule has 18 heavy (non-hydrogen) atoms. The highest BCUT2D eigenvalue weighted by Crippen LogP contribution is 2.20. The first kappa shape index (κ1) is 12.6. The van der Waals surface area contributed by atoms with Gasteiger partial charge >= 0.3 is 5.97 Å². The summed E-state index contributed by atoms with van der Waals surface area (Å²) in [6, 6.07) is 9.47. The van der Waals surface area contributed by atoms with Crippen LogP contribution in [0.4, 0.5) is 0 Å². The molecule has 5 heteroatoms. The minimum atomic E-state index is -0.836. The van der Waals surface area contributed by atoms with E-state index in [4.69, 9.17) is 9.84 Å². The lowest BCUT2D eigenvalue weighted by Crippen LogP contribution is -1.99. The first-order chi connectivity index (χ1) is 8.65. The molecule has 0 amide bonds. The van der Waals surface area contributed by atoms with E-state index in [-0.39, 0.29) is 6.42 Å². The summed E-state index contributed by atoms with van der Waals surface area (Å²) in [6.07, 6.45) is 0.0227. The van der Waals surface area contributed by atoms with Crippen LogP contribution in [0.1, 0.15) is 15.6 Å². The minimum Gasteiger partial charge on any atom is -0.486 e. The molecule has 0 aliphatic heterocycles. The number of carbonyl (C=O) groups is 1. The van der Waals surface area contributed by atoms with Gasteiger partial charge in [-0.05, 0) is 19.1 Å². The number of carboxylic acid groups (broad SMARTS) is 1. The van der Waals surface area contributed by atoms with Gasteiger partial charge in [0.1, 0.15) is 17.4 Å². The van der Waals surface area contributed by atoms with E-state index in [2.05, 4.69) is 4.98 Å². The van der Waals surface area contributed by atoms with Crippen LogP contribution < -0.4 is 4.74 Å². The topological polar surface area (TPSA) is 59.4 Å². The van der Waals surface area contributed by atoms with Crippen LogP contribution in [0.15, 0.2) is 30.3 Å². The van der Waals surface area contributed by atoms with Crippen molar-refractivity contribution in [3.63, 3.8) is 0 Å². The first-order valence-electron chi connectivity index (χ1n) is 5.50. The number of hydrogen-bond acceptors (Lipinski definition) is 4. The van der Waals surface area contributed by atoms with E-state index in [1.807, 2.05) is 37.3 Å². The predicted molar refractivity (Wildman–Crippen MR) is 69.0 cm³/mol. The Kier molecular flexibility index (Phi) is 3.94. The molecule has 1 aromatic heterocycles. The molecule has 4 nitrogen and oxygen atoms in total. The third-order valence-corrected chi connectivity index (χ3v) is 3.49. The minimum absolute atomic E-state index is 0.0227. The standard InChI is InChI=1S/C13H13NO3S/c1-9-11(7-13(15)16)18-12(14-9)8-17-10-5-3-2-4-6-10/h2-6H,7-8H2,1H3,(H,15,16). The van der Waals surface area contributed by atoms with Crippen molar-refractivity contribution in [1.29, 1.82) is 0 Å². The number of aryl methyl sites for hydroxylation is 1. The van der Waals surface area contributed by atoms with Crippen molar-refractivity contribution in [2.45, 2.75) is 20.0 Å². The summed E-state index contributed by atoms with van der Waals surface area (Å²) in [6.45, 7) is 2.19. The molecule has 94 valence electrons. The Morgan fingerprint density at radius 3 is 2.78 bits per heavy atom. The monoisotopic (exact) mass is 263 g/mol. The van der Waals surface area contributed by atoms with E-state index in [9.17, 15) is 4.79 Å². The highest BCUT2D eigenvalue weighted by atomic mass is 32.1. The zero-order valence-electron chi connectivity index (χ0n) is 9.92. The smallest absolute Gasteiger partial charge is 0.308 e. The van der Waals surface area contributed by atoms with Crippen molar-refractivity contribution in [3.8, 4) is 5.75 Å². The molecule has 0 aliphatic carbocycles. The molecule has 1 aromatic carbocycles. The molecule has 1 heterocycles. The molecule has 0 bridgehead atoms. The van der Waals surface area contributed by atoms with Crippen LogP contribution in [0, 0.1) is 6.92 Å². The summed E-state index contributed by atoms with van der Waals surface area (Å²) in [5, 5.41) is 9.55. The van der Waals surface area contributed by atoms with Crippen LogP contribution in [0.25, 0.3) is 0 Å². The van der Waals surface area contributed by atoms with Gasteiger partial charge in [0.25, 0.3) is 0 Å². The lowest BCUT2D eigenvalue weighted by molar-refractivity contribution is -0.136. The van der Waals surface area contributed by atoms with Crippen LogP contribution in [-0.2, 0) is 17.8 Å². The summed E-state index contributed by atoms with van der Waals surface area (Å²) in [7, 11) is 0. The van der Waals surface area contributed by atoms with Gasteiger partial charge in [0, 0.05) is 4.88 Å². The molecule has 0 aliphatic rings. The van der Waals surface area contributed by atoms with Crippen molar-refractivity contribution >= 4 is 17.3 Å². The number of aromatic nitrogens is 1. The van der Waals surface area contributed by atoms with Crippen LogP contribution in [0.2, 0.25) is 0 Å². The fourth-order valence-electron chi connectivity index (χ4n) is 1.51. The van der Waals surface area contributed by atoms with Gasteiger partial charge in [-0.3, -0.25) is 4.79 Å². The maximum absolute atomic E-state index is 10.7.